The molecule has 0 aliphatic carbocycles. The fourth-order valence-corrected chi connectivity index (χ4v) is 5.34. The lowest BCUT2D eigenvalue weighted by atomic mass is 9.86. The second kappa shape index (κ2) is 9.12. The molecule has 7 nitrogen and oxygen atoms in total. The van der Waals surface area contributed by atoms with Gasteiger partial charge in [0.1, 0.15) is 5.82 Å². The molecule has 34 heavy (non-hydrogen) atoms. The number of pyridine rings is 1. The van der Waals surface area contributed by atoms with E-state index in [9.17, 15) is 0 Å². The smallest absolute Gasteiger partial charge is 0.174 e. The molecule has 0 atom stereocenters. The molecule has 3 aliphatic rings. The highest BCUT2D eigenvalue weighted by Crippen LogP contribution is 2.42. The van der Waals surface area contributed by atoms with E-state index in [-0.39, 0.29) is 17.2 Å². The van der Waals surface area contributed by atoms with Crippen molar-refractivity contribution in [3.05, 3.63) is 59.9 Å². The third kappa shape index (κ3) is 4.59. The van der Waals surface area contributed by atoms with Crippen molar-refractivity contribution < 1.29 is 9.47 Å². The molecular formula is C27H37N5O2. The van der Waals surface area contributed by atoms with E-state index in [4.69, 9.17) is 15.2 Å². The van der Waals surface area contributed by atoms with Crippen LogP contribution in [0.1, 0.15) is 37.8 Å². The van der Waals surface area contributed by atoms with Crippen molar-refractivity contribution in [2.45, 2.75) is 45.4 Å². The standard InChI is InChI=1S/C27H37N5O2/c1-20-13-21(31-16-27(17-31)10-6-12-32(27)24-7-4-5-11-30-24)8-9-22(20)23(28)14-29-15-25-33-18-26(2,3)19-34-25/h4-5,7-9,11,13-14,25,29H,6,10,12,15-19,28H2,1-3H3/b23-14-. The lowest BCUT2D eigenvalue weighted by molar-refractivity contribution is -0.217. The molecule has 3 N–H and O–H groups in total. The van der Waals surface area contributed by atoms with Crippen LogP contribution in [0, 0.1) is 12.3 Å². The molecule has 0 radical (unpaired) electrons. The van der Waals surface area contributed by atoms with Crippen LogP contribution in [0.4, 0.5) is 11.5 Å². The Hall–Kier alpha value is -2.77. The van der Waals surface area contributed by atoms with Gasteiger partial charge in [-0.3, -0.25) is 0 Å². The van der Waals surface area contributed by atoms with Gasteiger partial charge in [-0.1, -0.05) is 26.0 Å². The molecule has 2 aromatic rings. The highest BCUT2D eigenvalue weighted by Gasteiger charge is 2.50. The van der Waals surface area contributed by atoms with Gasteiger partial charge < -0.3 is 30.3 Å². The van der Waals surface area contributed by atoms with E-state index in [1.165, 1.54) is 24.1 Å². The summed E-state index contributed by atoms with van der Waals surface area (Å²) >= 11 is 0. The molecule has 4 heterocycles. The van der Waals surface area contributed by atoms with Crippen molar-refractivity contribution in [2.75, 3.05) is 49.2 Å². The van der Waals surface area contributed by atoms with Gasteiger partial charge in [0.2, 0.25) is 0 Å². The Balaban J connectivity index is 1.18. The number of hydrogen-bond donors (Lipinski definition) is 2. The number of nitrogens with two attached hydrogens (primary N) is 1. The number of nitrogens with one attached hydrogen (secondary N) is 1. The molecule has 1 aromatic heterocycles. The quantitative estimate of drug-likeness (QED) is 0.679. The average Bonchev–Trinajstić information content (AvgIpc) is 3.25. The summed E-state index contributed by atoms with van der Waals surface area (Å²) in [5.74, 6) is 1.10. The number of rotatable bonds is 6. The van der Waals surface area contributed by atoms with Gasteiger partial charge in [-0.2, -0.15) is 0 Å². The number of aryl methyl sites for hydroxylation is 1. The molecule has 1 spiro atoms. The number of anilines is 2. The summed E-state index contributed by atoms with van der Waals surface area (Å²) in [5.41, 5.74) is 10.9. The summed E-state index contributed by atoms with van der Waals surface area (Å²) in [6.07, 6.45) is 5.97. The molecule has 0 amide bonds. The van der Waals surface area contributed by atoms with Crippen molar-refractivity contribution in [3.8, 4) is 0 Å². The van der Waals surface area contributed by atoms with E-state index in [0.29, 0.717) is 19.8 Å². The van der Waals surface area contributed by atoms with Crippen LogP contribution in [0.3, 0.4) is 0 Å². The van der Waals surface area contributed by atoms with Crippen molar-refractivity contribution in [3.63, 3.8) is 0 Å². The van der Waals surface area contributed by atoms with E-state index in [0.717, 1.165) is 36.7 Å². The maximum atomic E-state index is 6.39. The fourth-order valence-electron chi connectivity index (χ4n) is 5.34. The summed E-state index contributed by atoms with van der Waals surface area (Å²) < 4.78 is 11.5. The van der Waals surface area contributed by atoms with E-state index >= 15 is 0 Å². The van der Waals surface area contributed by atoms with E-state index < -0.39 is 0 Å². The molecule has 3 aliphatic heterocycles. The maximum absolute atomic E-state index is 6.39. The Morgan fingerprint density at radius 1 is 1.21 bits per heavy atom. The fraction of sp³-hybridized carbons (Fsp3) is 0.519. The van der Waals surface area contributed by atoms with Gasteiger partial charge >= 0.3 is 0 Å². The van der Waals surface area contributed by atoms with Crippen LogP contribution in [0.5, 0.6) is 0 Å². The van der Waals surface area contributed by atoms with Gasteiger partial charge in [0.25, 0.3) is 0 Å². The van der Waals surface area contributed by atoms with Crippen LogP contribution in [-0.2, 0) is 9.47 Å². The van der Waals surface area contributed by atoms with E-state index in [2.05, 4.69) is 71.2 Å². The van der Waals surface area contributed by atoms with Crippen molar-refractivity contribution in [1.82, 2.24) is 10.3 Å². The zero-order valence-electron chi connectivity index (χ0n) is 20.6. The van der Waals surface area contributed by atoms with Crippen LogP contribution < -0.4 is 20.9 Å². The topological polar surface area (TPSA) is 75.9 Å². The van der Waals surface area contributed by atoms with E-state index in [1.54, 1.807) is 0 Å². The Morgan fingerprint density at radius 3 is 2.71 bits per heavy atom. The highest BCUT2D eigenvalue weighted by atomic mass is 16.7. The second-order valence-corrected chi connectivity index (χ2v) is 10.7. The van der Waals surface area contributed by atoms with Crippen molar-refractivity contribution >= 4 is 17.2 Å². The number of aromatic nitrogens is 1. The molecule has 182 valence electrons. The molecule has 0 bridgehead atoms. The van der Waals surface area contributed by atoms with Gasteiger partial charge in [0.15, 0.2) is 6.29 Å². The van der Waals surface area contributed by atoms with Gasteiger partial charge in [0.05, 0.1) is 31.0 Å². The molecular weight excluding hydrogens is 426 g/mol. The Bertz CT molecular complexity index is 1020. The summed E-state index contributed by atoms with van der Waals surface area (Å²) in [7, 11) is 0. The summed E-state index contributed by atoms with van der Waals surface area (Å²) in [6.45, 7) is 11.6. The van der Waals surface area contributed by atoms with Gasteiger partial charge in [-0.25, -0.2) is 4.98 Å². The van der Waals surface area contributed by atoms with Crippen LogP contribution in [0.2, 0.25) is 0 Å². The zero-order valence-corrected chi connectivity index (χ0v) is 20.6. The second-order valence-electron chi connectivity index (χ2n) is 10.7. The number of benzene rings is 1. The minimum absolute atomic E-state index is 0.0782. The van der Waals surface area contributed by atoms with Crippen LogP contribution >= 0.6 is 0 Å². The predicted octanol–water partition coefficient (Wildman–Crippen LogP) is 3.50. The molecule has 3 saturated heterocycles. The van der Waals surface area contributed by atoms with Crippen molar-refractivity contribution in [1.29, 1.82) is 0 Å². The predicted molar refractivity (Wildman–Crippen MR) is 137 cm³/mol. The van der Waals surface area contributed by atoms with Gasteiger partial charge in [-0.05, 0) is 49.6 Å². The lowest BCUT2D eigenvalue weighted by Crippen LogP contribution is -2.68. The largest absolute Gasteiger partial charge is 0.397 e. The SMILES string of the molecule is Cc1cc(N2CC3(CCCN3c3ccccn3)C2)ccc1/C(N)=C/NCC1OCC(C)(C)CO1. The minimum atomic E-state index is -0.236. The molecule has 0 saturated carbocycles. The molecule has 5 rings (SSSR count). The number of nitrogens with zero attached hydrogens (tertiary/aromatic N) is 3. The van der Waals surface area contributed by atoms with Gasteiger partial charge in [0, 0.05) is 48.7 Å². The van der Waals surface area contributed by atoms with Crippen LogP contribution in [0.25, 0.3) is 5.70 Å². The maximum Gasteiger partial charge on any atom is 0.174 e. The normalized spacial score (nSPS) is 22.1. The Labute approximate surface area is 202 Å². The third-order valence-electron chi connectivity index (χ3n) is 7.24. The summed E-state index contributed by atoms with van der Waals surface area (Å²) in [4.78, 5) is 9.59. The first-order valence-corrected chi connectivity index (χ1v) is 12.3. The summed E-state index contributed by atoms with van der Waals surface area (Å²) in [6, 6.07) is 12.8. The van der Waals surface area contributed by atoms with Crippen molar-refractivity contribution in [2.24, 2.45) is 11.1 Å². The molecule has 7 heteroatoms. The first kappa shape index (κ1) is 23.0. The Morgan fingerprint density at radius 2 is 2.00 bits per heavy atom. The third-order valence-corrected chi connectivity index (χ3v) is 7.24. The monoisotopic (exact) mass is 463 g/mol. The van der Waals surface area contributed by atoms with Crippen LogP contribution in [-0.4, -0.2) is 56.2 Å². The number of hydrogen-bond acceptors (Lipinski definition) is 7. The highest BCUT2D eigenvalue weighted by molar-refractivity contribution is 5.69. The Kier molecular flexibility index (Phi) is 6.16. The average molecular weight is 464 g/mol. The molecule has 1 aromatic carbocycles. The first-order valence-electron chi connectivity index (χ1n) is 12.3. The molecule has 3 fully saturated rings. The number of ether oxygens (including phenoxy) is 2. The first-order chi connectivity index (χ1) is 16.4. The van der Waals surface area contributed by atoms with Gasteiger partial charge in [-0.15, -0.1) is 0 Å². The van der Waals surface area contributed by atoms with Crippen LogP contribution in [0.15, 0.2) is 48.8 Å². The minimum Gasteiger partial charge on any atom is -0.397 e. The summed E-state index contributed by atoms with van der Waals surface area (Å²) in [5, 5.41) is 3.26. The van der Waals surface area contributed by atoms with E-state index in [1.807, 2.05) is 18.5 Å². The lowest BCUT2D eigenvalue weighted by Gasteiger charge is -2.54. The zero-order chi connectivity index (χ0) is 23.8. The molecule has 0 unspecified atom stereocenters.